The number of benzene rings is 1. The molecule has 1 atom stereocenters. The number of rotatable bonds is 5. The van der Waals surface area contributed by atoms with Gasteiger partial charge >= 0.3 is 0 Å². The lowest BCUT2D eigenvalue weighted by Crippen LogP contribution is -2.40. The fourth-order valence-electron chi connectivity index (χ4n) is 2.77. The summed E-state index contributed by atoms with van der Waals surface area (Å²) >= 11 is 3.52. The van der Waals surface area contributed by atoms with Crippen molar-refractivity contribution in [3.63, 3.8) is 0 Å². The minimum absolute atomic E-state index is 0.154. The largest absolute Gasteiger partial charge is 0.314 e. The van der Waals surface area contributed by atoms with Crippen LogP contribution in [-0.4, -0.2) is 30.6 Å². The maximum Gasteiger partial charge on any atom is 0.123 e. The van der Waals surface area contributed by atoms with E-state index in [4.69, 9.17) is 0 Å². The zero-order valence-electron chi connectivity index (χ0n) is 12.3. The van der Waals surface area contributed by atoms with Crippen LogP contribution >= 0.6 is 15.9 Å². The van der Waals surface area contributed by atoms with E-state index in [1.54, 1.807) is 12.1 Å². The highest BCUT2D eigenvalue weighted by atomic mass is 79.9. The van der Waals surface area contributed by atoms with Crippen LogP contribution < -0.4 is 5.32 Å². The summed E-state index contributed by atoms with van der Waals surface area (Å²) in [5.41, 5.74) is 1.04. The molecule has 112 valence electrons. The first-order chi connectivity index (χ1) is 9.54. The van der Waals surface area contributed by atoms with Gasteiger partial charge in [0.1, 0.15) is 5.82 Å². The fraction of sp³-hybridized carbons (Fsp3) is 0.625. The van der Waals surface area contributed by atoms with Crippen molar-refractivity contribution < 1.29 is 4.39 Å². The molecule has 0 saturated carbocycles. The molecule has 20 heavy (non-hydrogen) atoms. The summed E-state index contributed by atoms with van der Waals surface area (Å²) in [6.07, 6.45) is 2.53. The maximum absolute atomic E-state index is 13.3. The monoisotopic (exact) mass is 342 g/mol. The quantitative estimate of drug-likeness (QED) is 0.875. The first-order valence-corrected chi connectivity index (χ1v) is 8.23. The first-order valence-electron chi connectivity index (χ1n) is 7.44. The van der Waals surface area contributed by atoms with E-state index in [1.807, 2.05) is 0 Å². The van der Waals surface area contributed by atoms with Gasteiger partial charge in [-0.1, -0.05) is 29.8 Å². The fourth-order valence-corrected chi connectivity index (χ4v) is 3.14. The van der Waals surface area contributed by atoms with Crippen LogP contribution in [0.1, 0.15) is 32.3 Å². The molecule has 1 fully saturated rings. The zero-order valence-corrected chi connectivity index (χ0v) is 13.9. The Hall–Kier alpha value is -0.450. The maximum atomic E-state index is 13.3. The summed E-state index contributed by atoms with van der Waals surface area (Å²) in [6.45, 7) is 8.49. The average molecular weight is 343 g/mol. The molecule has 1 aliphatic heterocycles. The second-order valence-electron chi connectivity index (χ2n) is 6.04. The highest BCUT2D eigenvalue weighted by molar-refractivity contribution is 9.10. The average Bonchev–Trinajstić information content (AvgIpc) is 2.41. The van der Waals surface area contributed by atoms with Gasteiger partial charge in [0.15, 0.2) is 0 Å². The Kier molecular flexibility index (Phi) is 6.00. The lowest BCUT2D eigenvalue weighted by atomic mass is 9.97. The lowest BCUT2D eigenvalue weighted by Gasteiger charge is -2.33. The molecule has 1 aromatic rings. The summed E-state index contributed by atoms with van der Waals surface area (Å²) in [7, 11) is 0. The van der Waals surface area contributed by atoms with Gasteiger partial charge in [-0.05, 0) is 55.6 Å². The molecule has 0 spiro atoms. The van der Waals surface area contributed by atoms with E-state index >= 15 is 0 Å². The van der Waals surface area contributed by atoms with Gasteiger partial charge < -0.3 is 5.32 Å². The van der Waals surface area contributed by atoms with Crippen LogP contribution in [0.2, 0.25) is 0 Å². The van der Waals surface area contributed by atoms with E-state index in [0.29, 0.717) is 12.0 Å². The Morgan fingerprint density at radius 3 is 3.00 bits per heavy atom. The third-order valence-electron chi connectivity index (χ3n) is 3.82. The van der Waals surface area contributed by atoms with E-state index in [2.05, 4.69) is 40.0 Å². The van der Waals surface area contributed by atoms with Crippen molar-refractivity contribution in [1.29, 1.82) is 0 Å². The first kappa shape index (κ1) is 15.9. The molecule has 1 heterocycles. The molecular weight excluding hydrogens is 319 g/mol. The van der Waals surface area contributed by atoms with E-state index < -0.39 is 0 Å². The molecule has 1 aliphatic rings. The van der Waals surface area contributed by atoms with Crippen molar-refractivity contribution in [2.24, 2.45) is 5.92 Å². The second kappa shape index (κ2) is 7.53. The molecule has 0 aliphatic carbocycles. The number of hydrogen-bond acceptors (Lipinski definition) is 2. The molecule has 2 rings (SSSR count). The summed E-state index contributed by atoms with van der Waals surface area (Å²) in [4.78, 5) is 2.44. The van der Waals surface area contributed by atoms with Gasteiger partial charge in [0.25, 0.3) is 0 Å². The Bertz CT molecular complexity index is 436. The molecule has 0 aromatic heterocycles. The van der Waals surface area contributed by atoms with Gasteiger partial charge in [0, 0.05) is 23.6 Å². The molecular formula is C16H24BrFN2. The topological polar surface area (TPSA) is 15.3 Å². The van der Waals surface area contributed by atoms with E-state index in [1.165, 1.54) is 18.9 Å². The Morgan fingerprint density at radius 1 is 1.45 bits per heavy atom. The van der Waals surface area contributed by atoms with Crippen molar-refractivity contribution in [2.45, 2.75) is 39.3 Å². The summed E-state index contributed by atoms with van der Waals surface area (Å²) in [5, 5.41) is 3.52. The Morgan fingerprint density at radius 2 is 2.25 bits per heavy atom. The minimum Gasteiger partial charge on any atom is -0.314 e. The van der Waals surface area contributed by atoms with Crippen molar-refractivity contribution in [1.82, 2.24) is 10.2 Å². The van der Waals surface area contributed by atoms with Crippen molar-refractivity contribution >= 4 is 15.9 Å². The molecule has 1 saturated heterocycles. The third-order valence-corrected chi connectivity index (χ3v) is 4.59. The van der Waals surface area contributed by atoms with E-state index in [0.717, 1.165) is 36.2 Å². The van der Waals surface area contributed by atoms with Crippen LogP contribution in [0.5, 0.6) is 0 Å². The Labute approximate surface area is 129 Å². The Balaban J connectivity index is 1.90. The second-order valence-corrected chi connectivity index (χ2v) is 6.90. The van der Waals surface area contributed by atoms with Crippen molar-refractivity contribution in [3.8, 4) is 0 Å². The van der Waals surface area contributed by atoms with Crippen molar-refractivity contribution in [3.05, 3.63) is 34.1 Å². The van der Waals surface area contributed by atoms with Gasteiger partial charge in [-0.3, -0.25) is 4.90 Å². The van der Waals surface area contributed by atoms with Gasteiger partial charge in [0.2, 0.25) is 0 Å². The van der Waals surface area contributed by atoms with Crippen LogP contribution in [-0.2, 0) is 6.54 Å². The minimum atomic E-state index is -0.154. The zero-order chi connectivity index (χ0) is 14.5. The van der Waals surface area contributed by atoms with Gasteiger partial charge in [-0.25, -0.2) is 4.39 Å². The van der Waals surface area contributed by atoms with E-state index in [-0.39, 0.29) is 5.82 Å². The SMILES string of the molecule is CC(C)NCC1CCCN(Cc2cc(F)ccc2Br)C1. The molecule has 1 aromatic carbocycles. The van der Waals surface area contributed by atoms with E-state index in [9.17, 15) is 4.39 Å². The molecule has 4 heteroatoms. The van der Waals surface area contributed by atoms with Gasteiger partial charge in [-0.15, -0.1) is 0 Å². The predicted molar refractivity (Wildman–Crippen MR) is 85.2 cm³/mol. The standard InChI is InChI=1S/C16H24BrFN2/c1-12(2)19-9-13-4-3-7-20(10-13)11-14-8-15(18)5-6-16(14)17/h5-6,8,12-13,19H,3-4,7,9-11H2,1-2H3. The van der Waals surface area contributed by atoms with Crippen molar-refractivity contribution in [2.75, 3.05) is 19.6 Å². The van der Waals surface area contributed by atoms with Crippen LogP contribution in [0.25, 0.3) is 0 Å². The summed E-state index contributed by atoms with van der Waals surface area (Å²) in [6, 6.07) is 5.48. The summed E-state index contributed by atoms with van der Waals surface area (Å²) < 4.78 is 14.3. The number of piperidine rings is 1. The summed E-state index contributed by atoms with van der Waals surface area (Å²) in [5.74, 6) is 0.553. The number of hydrogen-bond donors (Lipinski definition) is 1. The number of halogens is 2. The van der Waals surface area contributed by atoms with Crippen LogP contribution in [0.15, 0.2) is 22.7 Å². The predicted octanol–water partition coefficient (Wildman–Crippen LogP) is 3.80. The smallest absolute Gasteiger partial charge is 0.123 e. The highest BCUT2D eigenvalue weighted by Crippen LogP contribution is 2.23. The van der Waals surface area contributed by atoms with Gasteiger partial charge in [0.05, 0.1) is 0 Å². The highest BCUT2D eigenvalue weighted by Gasteiger charge is 2.20. The number of likely N-dealkylation sites (tertiary alicyclic amines) is 1. The lowest BCUT2D eigenvalue weighted by molar-refractivity contribution is 0.163. The molecule has 1 unspecified atom stereocenters. The molecule has 0 radical (unpaired) electrons. The van der Waals surface area contributed by atoms with Crippen LogP contribution in [0.3, 0.4) is 0 Å². The molecule has 0 bridgehead atoms. The third kappa shape index (κ3) is 4.83. The van der Waals surface area contributed by atoms with Gasteiger partial charge in [-0.2, -0.15) is 0 Å². The normalized spacial score (nSPS) is 20.6. The van der Waals surface area contributed by atoms with Crippen LogP contribution in [0, 0.1) is 11.7 Å². The molecule has 2 nitrogen and oxygen atoms in total. The number of nitrogens with one attached hydrogen (secondary N) is 1. The number of nitrogens with zero attached hydrogens (tertiary/aromatic N) is 1. The molecule has 1 N–H and O–H groups in total. The van der Waals surface area contributed by atoms with Crippen LogP contribution in [0.4, 0.5) is 4.39 Å². The molecule has 0 amide bonds.